The molecule has 0 fully saturated rings. The van der Waals surface area contributed by atoms with Crippen LogP contribution in [0, 0.1) is 13.8 Å². The Morgan fingerprint density at radius 2 is 1.95 bits per heavy atom. The summed E-state index contributed by atoms with van der Waals surface area (Å²) < 4.78 is 5.29. The number of methoxy groups -OCH3 is 1. The fourth-order valence-corrected chi connectivity index (χ4v) is 2.01. The normalized spacial score (nSPS) is 10.3. The molecule has 1 aromatic rings. The molecule has 0 spiro atoms. The minimum Gasteiger partial charge on any atom is -0.496 e. The number of ether oxygens (including phenoxy) is 1. The van der Waals surface area contributed by atoms with Crippen LogP contribution in [0.4, 0.5) is 0 Å². The summed E-state index contributed by atoms with van der Waals surface area (Å²) in [5.74, 6) is 1.01. The second kappa shape index (κ2) is 7.79. The first kappa shape index (κ1) is 15.5. The second-order valence-corrected chi connectivity index (χ2v) is 4.63. The summed E-state index contributed by atoms with van der Waals surface area (Å²) in [7, 11) is 3.53. The average molecular weight is 264 g/mol. The maximum atomic E-state index is 11.5. The molecule has 0 saturated heterocycles. The molecule has 19 heavy (non-hydrogen) atoms. The van der Waals surface area contributed by atoms with Gasteiger partial charge in [-0.05, 0) is 50.1 Å². The minimum absolute atomic E-state index is 0.0947. The van der Waals surface area contributed by atoms with E-state index in [1.54, 1.807) is 7.11 Å². The molecule has 0 aliphatic rings. The van der Waals surface area contributed by atoms with Gasteiger partial charge >= 0.3 is 0 Å². The third kappa shape index (κ3) is 4.56. The van der Waals surface area contributed by atoms with Crippen LogP contribution in [0.15, 0.2) is 12.1 Å². The Bertz CT molecular complexity index is 430. The second-order valence-electron chi connectivity index (χ2n) is 4.63. The molecule has 4 heteroatoms. The summed E-state index contributed by atoms with van der Waals surface area (Å²) in [6, 6.07) is 4.06. The molecule has 2 N–H and O–H groups in total. The van der Waals surface area contributed by atoms with Gasteiger partial charge in [0, 0.05) is 19.5 Å². The van der Waals surface area contributed by atoms with Gasteiger partial charge in [-0.2, -0.15) is 0 Å². The van der Waals surface area contributed by atoms with Crippen LogP contribution in [-0.4, -0.2) is 33.2 Å². The Labute approximate surface area is 115 Å². The Hall–Kier alpha value is -1.55. The van der Waals surface area contributed by atoms with E-state index >= 15 is 0 Å². The van der Waals surface area contributed by atoms with Crippen molar-refractivity contribution in [3.63, 3.8) is 0 Å². The van der Waals surface area contributed by atoms with Gasteiger partial charge in [0.05, 0.1) is 7.11 Å². The maximum absolute atomic E-state index is 11.5. The molecule has 0 aliphatic carbocycles. The highest BCUT2D eigenvalue weighted by Crippen LogP contribution is 2.23. The predicted molar refractivity (Wildman–Crippen MR) is 77.7 cm³/mol. The van der Waals surface area contributed by atoms with Gasteiger partial charge in [-0.3, -0.25) is 4.79 Å². The van der Waals surface area contributed by atoms with E-state index in [1.807, 2.05) is 13.1 Å². The molecule has 0 saturated carbocycles. The van der Waals surface area contributed by atoms with Gasteiger partial charge in [0.2, 0.25) is 5.91 Å². The highest BCUT2D eigenvalue weighted by Gasteiger charge is 2.07. The summed E-state index contributed by atoms with van der Waals surface area (Å²) in [6.45, 7) is 5.54. The molecule has 0 heterocycles. The molecule has 0 aliphatic heterocycles. The van der Waals surface area contributed by atoms with Crippen LogP contribution in [-0.2, 0) is 11.2 Å². The molecule has 0 atom stereocenters. The van der Waals surface area contributed by atoms with Gasteiger partial charge in [0.1, 0.15) is 5.75 Å². The Kier molecular flexibility index (Phi) is 6.36. The number of nitrogens with one attached hydrogen (secondary N) is 2. The Morgan fingerprint density at radius 3 is 2.58 bits per heavy atom. The van der Waals surface area contributed by atoms with Crippen molar-refractivity contribution in [3.05, 3.63) is 28.8 Å². The van der Waals surface area contributed by atoms with Crippen molar-refractivity contribution < 1.29 is 9.53 Å². The predicted octanol–water partition coefficient (Wildman–Crippen LogP) is 1.58. The summed E-state index contributed by atoms with van der Waals surface area (Å²) in [6.07, 6.45) is 1.37. The van der Waals surface area contributed by atoms with Crippen molar-refractivity contribution in [2.24, 2.45) is 0 Å². The zero-order valence-electron chi connectivity index (χ0n) is 12.3. The minimum atomic E-state index is 0.0947. The highest BCUT2D eigenvalue weighted by atomic mass is 16.5. The van der Waals surface area contributed by atoms with E-state index in [2.05, 4.69) is 30.5 Å². The largest absolute Gasteiger partial charge is 0.496 e. The molecular formula is C15H24N2O2. The van der Waals surface area contributed by atoms with Crippen LogP contribution in [0.1, 0.15) is 23.1 Å². The molecule has 4 nitrogen and oxygen atoms in total. The molecule has 1 aromatic carbocycles. The zero-order valence-corrected chi connectivity index (χ0v) is 12.3. The SMILES string of the molecule is CNCCC(=O)NCCc1ccc(OC)c(C)c1C. The standard InChI is InChI=1S/C15H24N2O2/c1-11-12(2)14(19-4)6-5-13(11)7-10-17-15(18)8-9-16-3/h5-6,16H,7-10H2,1-4H3,(H,17,18). The van der Waals surface area contributed by atoms with E-state index in [0.29, 0.717) is 19.5 Å². The number of carbonyl (C=O) groups excluding carboxylic acids is 1. The van der Waals surface area contributed by atoms with Gasteiger partial charge in [-0.15, -0.1) is 0 Å². The first-order valence-electron chi connectivity index (χ1n) is 6.64. The summed E-state index contributed by atoms with van der Waals surface area (Å²) in [5, 5.41) is 5.89. The van der Waals surface area contributed by atoms with Gasteiger partial charge in [0.15, 0.2) is 0 Å². The van der Waals surface area contributed by atoms with E-state index in [-0.39, 0.29) is 5.91 Å². The molecule has 0 unspecified atom stereocenters. The Balaban J connectivity index is 2.50. The van der Waals surface area contributed by atoms with Crippen molar-refractivity contribution in [2.75, 3.05) is 27.2 Å². The average Bonchev–Trinajstić information content (AvgIpc) is 2.41. The van der Waals surface area contributed by atoms with Crippen LogP contribution in [0.5, 0.6) is 5.75 Å². The van der Waals surface area contributed by atoms with Gasteiger partial charge in [0.25, 0.3) is 0 Å². The van der Waals surface area contributed by atoms with Crippen molar-refractivity contribution in [1.82, 2.24) is 10.6 Å². The van der Waals surface area contributed by atoms with Crippen molar-refractivity contribution in [2.45, 2.75) is 26.7 Å². The van der Waals surface area contributed by atoms with Crippen LogP contribution in [0.25, 0.3) is 0 Å². The van der Waals surface area contributed by atoms with Gasteiger partial charge in [-0.1, -0.05) is 6.07 Å². The lowest BCUT2D eigenvalue weighted by Crippen LogP contribution is -2.28. The molecule has 106 valence electrons. The highest BCUT2D eigenvalue weighted by molar-refractivity contribution is 5.76. The number of hydrogen-bond donors (Lipinski definition) is 2. The summed E-state index contributed by atoms with van der Waals surface area (Å²) in [5.41, 5.74) is 3.66. The Morgan fingerprint density at radius 1 is 1.21 bits per heavy atom. The van der Waals surface area contributed by atoms with Crippen molar-refractivity contribution in [1.29, 1.82) is 0 Å². The first-order chi connectivity index (χ1) is 9.10. The van der Waals surface area contributed by atoms with Crippen molar-refractivity contribution >= 4 is 5.91 Å². The fourth-order valence-electron chi connectivity index (χ4n) is 2.01. The lowest BCUT2D eigenvalue weighted by Gasteiger charge is -2.13. The van der Waals surface area contributed by atoms with E-state index in [9.17, 15) is 4.79 Å². The van der Waals surface area contributed by atoms with Crippen LogP contribution >= 0.6 is 0 Å². The molecule has 0 bridgehead atoms. The number of benzene rings is 1. The number of carbonyl (C=O) groups is 1. The first-order valence-corrected chi connectivity index (χ1v) is 6.64. The van der Waals surface area contributed by atoms with Crippen LogP contribution in [0.2, 0.25) is 0 Å². The third-order valence-corrected chi connectivity index (χ3v) is 3.39. The molecule has 0 radical (unpaired) electrons. The number of rotatable bonds is 7. The zero-order chi connectivity index (χ0) is 14.3. The quantitative estimate of drug-likeness (QED) is 0.786. The summed E-state index contributed by atoms with van der Waals surface area (Å²) in [4.78, 5) is 11.5. The molecule has 1 rings (SSSR count). The summed E-state index contributed by atoms with van der Waals surface area (Å²) >= 11 is 0. The number of amides is 1. The van der Waals surface area contributed by atoms with E-state index in [1.165, 1.54) is 16.7 Å². The monoisotopic (exact) mass is 264 g/mol. The number of hydrogen-bond acceptors (Lipinski definition) is 3. The topological polar surface area (TPSA) is 50.4 Å². The lowest BCUT2D eigenvalue weighted by molar-refractivity contribution is -0.120. The molecular weight excluding hydrogens is 240 g/mol. The third-order valence-electron chi connectivity index (χ3n) is 3.39. The van der Waals surface area contributed by atoms with Crippen molar-refractivity contribution in [3.8, 4) is 5.75 Å². The van der Waals surface area contributed by atoms with Crippen LogP contribution in [0.3, 0.4) is 0 Å². The van der Waals surface area contributed by atoms with Gasteiger partial charge < -0.3 is 15.4 Å². The van der Waals surface area contributed by atoms with E-state index in [0.717, 1.165) is 12.2 Å². The van der Waals surface area contributed by atoms with Gasteiger partial charge in [-0.25, -0.2) is 0 Å². The van der Waals surface area contributed by atoms with E-state index < -0.39 is 0 Å². The fraction of sp³-hybridized carbons (Fsp3) is 0.533. The maximum Gasteiger partial charge on any atom is 0.221 e. The lowest BCUT2D eigenvalue weighted by atomic mass is 10.00. The molecule has 1 amide bonds. The van der Waals surface area contributed by atoms with E-state index in [4.69, 9.17) is 4.74 Å². The molecule has 0 aromatic heterocycles. The van der Waals surface area contributed by atoms with Crippen LogP contribution < -0.4 is 15.4 Å². The smallest absolute Gasteiger partial charge is 0.221 e.